The van der Waals surface area contributed by atoms with Gasteiger partial charge < -0.3 is 4.90 Å². The highest BCUT2D eigenvalue weighted by Gasteiger charge is 2.20. The minimum Gasteiger partial charge on any atom is -0.339 e. The van der Waals surface area contributed by atoms with Crippen molar-refractivity contribution in [2.24, 2.45) is 0 Å². The van der Waals surface area contributed by atoms with E-state index in [4.69, 9.17) is 0 Å². The third-order valence-electron chi connectivity index (χ3n) is 4.17. The zero-order valence-electron chi connectivity index (χ0n) is 13.9. The molecule has 1 aromatic carbocycles. The monoisotopic (exact) mass is 418 g/mol. The van der Waals surface area contributed by atoms with Crippen LogP contribution in [0.25, 0.3) is 0 Å². The summed E-state index contributed by atoms with van der Waals surface area (Å²) in [5.74, 6) is 0.108. The lowest BCUT2D eigenvalue weighted by atomic mass is 10.1. The quantitative estimate of drug-likeness (QED) is 0.531. The molecule has 3 rings (SSSR count). The summed E-state index contributed by atoms with van der Waals surface area (Å²) in [7, 11) is 0. The van der Waals surface area contributed by atoms with E-state index in [1.807, 2.05) is 42.2 Å². The van der Waals surface area contributed by atoms with E-state index in [0.29, 0.717) is 11.1 Å². The van der Waals surface area contributed by atoms with Gasteiger partial charge in [-0.15, -0.1) is 0 Å². The molecule has 0 radical (unpaired) electrons. The summed E-state index contributed by atoms with van der Waals surface area (Å²) < 4.78 is 0.948. The molecule has 0 saturated carbocycles. The van der Waals surface area contributed by atoms with Crippen LogP contribution in [0, 0.1) is 0 Å². The topological polar surface area (TPSA) is 50.3 Å². The van der Waals surface area contributed by atoms with Crippen LogP contribution >= 0.6 is 27.7 Å². The van der Waals surface area contributed by atoms with Crippen molar-refractivity contribution in [3.8, 4) is 0 Å². The zero-order valence-corrected chi connectivity index (χ0v) is 16.3. The van der Waals surface area contributed by atoms with E-state index in [1.54, 1.807) is 12.3 Å². The van der Waals surface area contributed by atoms with Crippen LogP contribution in [0.15, 0.2) is 52.1 Å². The van der Waals surface area contributed by atoms with Gasteiger partial charge in [0, 0.05) is 29.3 Å². The highest BCUT2D eigenvalue weighted by atomic mass is 79.9. The van der Waals surface area contributed by atoms with Crippen LogP contribution in [0.5, 0.6) is 0 Å². The number of pyridine rings is 1. The second-order valence-corrected chi connectivity index (χ2v) is 8.29. The predicted molar refractivity (Wildman–Crippen MR) is 103 cm³/mol. The van der Waals surface area contributed by atoms with Gasteiger partial charge in [-0.3, -0.25) is 9.59 Å². The number of aromatic nitrogens is 1. The lowest BCUT2D eigenvalue weighted by Gasteiger charge is -2.15. The molecule has 1 atom stereocenters. The van der Waals surface area contributed by atoms with Crippen LogP contribution < -0.4 is 0 Å². The lowest BCUT2D eigenvalue weighted by molar-refractivity contribution is 0.0792. The SMILES string of the molecule is C[C@H](Sc1ccc(C(=O)N2CCCC2)cn1)C(=O)c1ccc(Br)cc1. The molecule has 2 aromatic rings. The van der Waals surface area contributed by atoms with Crippen LogP contribution in [-0.4, -0.2) is 39.9 Å². The summed E-state index contributed by atoms with van der Waals surface area (Å²) in [4.78, 5) is 31.0. The molecule has 1 aliphatic rings. The maximum atomic E-state index is 12.5. The number of amides is 1. The van der Waals surface area contributed by atoms with Gasteiger partial charge in [-0.25, -0.2) is 4.98 Å². The highest BCUT2D eigenvalue weighted by molar-refractivity contribution is 9.10. The Labute approximate surface area is 160 Å². The summed E-state index contributed by atoms with van der Waals surface area (Å²) in [5, 5.41) is 0.504. The molecule has 0 spiro atoms. The standard InChI is InChI=1S/C19H19BrN2O2S/c1-13(18(23)14-4-7-16(20)8-5-14)25-17-9-6-15(12-21-17)19(24)22-10-2-3-11-22/h4-9,12-13H,2-3,10-11H2,1H3/t13-/m0/s1. The van der Waals surface area contributed by atoms with E-state index < -0.39 is 0 Å². The Bertz CT molecular complexity index is 756. The van der Waals surface area contributed by atoms with Crippen molar-refractivity contribution < 1.29 is 9.59 Å². The highest BCUT2D eigenvalue weighted by Crippen LogP contribution is 2.25. The van der Waals surface area contributed by atoms with E-state index in [0.717, 1.165) is 35.4 Å². The number of nitrogens with zero attached hydrogens (tertiary/aromatic N) is 2. The van der Waals surface area contributed by atoms with Crippen molar-refractivity contribution in [3.05, 3.63) is 58.2 Å². The Hall–Kier alpha value is -1.66. The van der Waals surface area contributed by atoms with Crippen LogP contribution in [0.3, 0.4) is 0 Å². The molecule has 25 heavy (non-hydrogen) atoms. The molecule has 2 heterocycles. The molecule has 1 fully saturated rings. The number of carbonyl (C=O) groups excluding carboxylic acids is 2. The summed E-state index contributed by atoms with van der Waals surface area (Å²) in [6, 6.07) is 11.0. The number of hydrogen-bond donors (Lipinski definition) is 0. The third-order valence-corrected chi connectivity index (χ3v) is 5.75. The van der Waals surface area contributed by atoms with Gasteiger partial charge in [0.25, 0.3) is 5.91 Å². The van der Waals surface area contributed by atoms with Gasteiger partial charge in [-0.2, -0.15) is 0 Å². The first-order valence-electron chi connectivity index (χ1n) is 8.26. The van der Waals surface area contributed by atoms with Crippen molar-refractivity contribution >= 4 is 39.4 Å². The molecule has 130 valence electrons. The first-order chi connectivity index (χ1) is 12.0. The van der Waals surface area contributed by atoms with E-state index >= 15 is 0 Å². The molecular formula is C19H19BrN2O2S. The lowest BCUT2D eigenvalue weighted by Crippen LogP contribution is -2.27. The number of likely N-dealkylation sites (tertiary alicyclic amines) is 1. The van der Waals surface area contributed by atoms with Crippen molar-refractivity contribution in [2.75, 3.05) is 13.1 Å². The van der Waals surface area contributed by atoms with Crippen molar-refractivity contribution in [1.82, 2.24) is 9.88 Å². The molecule has 6 heteroatoms. The second-order valence-electron chi connectivity index (χ2n) is 6.02. The van der Waals surface area contributed by atoms with Crippen LogP contribution in [-0.2, 0) is 0 Å². The number of rotatable bonds is 5. The third kappa shape index (κ3) is 4.50. The Kier molecular flexibility index (Phi) is 5.91. The number of benzene rings is 1. The van der Waals surface area contributed by atoms with Gasteiger partial charge >= 0.3 is 0 Å². The first kappa shape index (κ1) is 18.1. The van der Waals surface area contributed by atoms with Crippen LogP contribution in [0.2, 0.25) is 0 Å². The van der Waals surface area contributed by atoms with E-state index in [2.05, 4.69) is 20.9 Å². The smallest absolute Gasteiger partial charge is 0.255 e. The van der Waals surface area contributed by atoms with Crippen LogP contribution in [0.1, 0.15) is 40.5 Å². The minimum atomic E-state index is -0.242. The van der Waals surface area contributed by atoms with E-state index in [9.17, 15) is 9.59 Å². The summed E-state index contributed by atoms with van der Waals surface area (Å²) in [5.41, 5.74) is 1.29. The predicted octanol–water partition coefficient (Wildman–Crippen LogP) is 4.44. The number of ketones is 1. The summed E-state index contributed by atoms with van der Waals surface area (Å²) >= 11 is 4.78. The molecule has 1 amide bonds. The number of thioether (sulfide) groups is 1. The Morgan fingerprint density at radius 2 is 1.72 bits per heavy atom. The van der Waals surface area contributed by atoms with Gasteiger partial charge in [0.05, 0.1) is 15.8 Å². The number of halogens is 1. The van der Waals surface area contributed by atoms with Gasteiger partial charge in [-0.1, -0.05) is 39.8 Å². The largest absolute Gasteiger partial charge is 0.339 e. The van der Waals surface area contributed by atoms with E-state index in [-0.39, 0.29) is 16.9 Å². The Morgan fingerprint density at radius 1 is 1.08 bits per heavy atom. The fraction of sp³-hybridized carbons (Fsp3) is 0.316. The molecule has 1 aliphatic heterocycles. The summed E-state index contributed by atoms with van der Waals surface area (Å²) in [6.45, 7) is 3.53. The number of hydrogen-bond acceptors (Lipinski definition) is 4. The fourth-order valence-corrected chi connectivity index (χ4v) is 3.89. The number of carbonyl (C=O) groups is 2. The van der Waals surface area contributed by atoms with E-state index in [1.165, 1.54) is 11.8 Å². The summed E-state index contributed by atoms with van der Waals surface area (Å²) in [6.07, 6.45) is 3.76. The Morgan fingerprint density at radius 3 is 2.32 bits per heavy atom. The van der Waals surface area contributed by atoms with Gasteiger partial charge in [-0.05, 0) is 44.0 Å². The van der Waals surface area contributed by atoms with Gasteiger partial charge in [0.1, 0.15) is 0 Å². The molecule has 0 bridgehead atoms. The average Bonchev–Trinajstić information content (AvgIpc) is 3.16. The maximum absolute atomic E-state index is 12.5. The van der Waals surface area contributed by atoms with Crippen molar-refractivity contribution in [1.29, 1.82) is 0 Å². The molecular weight excluding hydrogens is 400 g/mol. The second kappa shape index (κ2) is 8.15. The molecule has 0 aliphatic carbocycles. The van der Waals surface area contributed by atoms with Gasteiger partial charge in [0.2, 0.25) is 0 Å². The molecule has 1 aromatic heterocycles. The minimum absolute atomic E-state index is 0.0422. The number of Topliss-reactive ketones (excluding diaryl/α,β-unsaturated/α-hetero) is 1. The zero-order chi connectivity index (χ0) is 17.8. The molecule has 1 saturated heterocycles. The Balaban J connectivity index is 1.63. The van der Waals surface area contributed by atoms with Crippen LogP contribution in [0.4, 0.5) is 0 Å². The molecule has 4 nitrogen and oxygen atoms in total. The molecule has 0 unspecified atom stereocenters. The van der Waals surface area contributed by atoms with Gasteiger partial charge in [0.15, 0.2) is 5.78 Å². The average molecular weight is 419 g/mol. The first-order valence-corrected chi connectivity index (χ1v) is 9.93. The molecule has 0 N–H and O–H groups in total. The van der Waals surface area contributed by atoms with Crippen molar-refractivity contribution in [3.63, 3.8) is 0 Å². The normalized spacial score (nSPS) is 15.2. The fourth-order valence-electron chi connectivity index (χ4n) is 2.76. The maximum Gasteiger partial charge on any atom is 0.255 e. The van der Waals surface area contributed by atoms with Crippen molar-refractivity contribution in [2.45, 2.75) is 30.0 Å².